The van der Waals surface area contributed by atoms with Gasteiger partial charge in [0.05, 0.1) is 5.54 Å². The maximum atomic E-state index is 11.7. The van der Waals surface area contributed by atoms with Gasteiger partial charge in [-0.25, -0.2) is 0 Å². The molecule has 5 heteroatoms. The standard InChI is InChI=1S/C15H28N4O/c1-17-15(14(16)20)6-5-12(10-15)19-9-8-18-7-3-2-4-13(18)11-19/h12-13,17H,2-11H2,1H3,(H2,16,20). The fourth-order valence-corrected chi connectivity index (χ4v) is 4.42. The number of piperazine rings is 1. The molecule has 114 valence electrons. The van der Waals surface area contributed by atoms with Crippen molar-refractivity contribution >= 4 is 5.91 Å². The van der Waals surface area contributed by atoms with Crippen LogP contribution in [0.3, 0.4) is 0 Å². The van der Waals surface area contributed by atoms with Gasteiger partial charge in [-0.15, -0.1) is 0 Å². The van der Waals surface area contributed by atoms with Gasteiger partial charge in [0, 0.05) is 31.7 Å². The molecule has 3 unspecified atom stereocenters. The van der Waals surface area contributed by atoms with E-state index in [1.807, 2.05) is 7.05 Å². The number of amides is 1. The first-order chi connectivity index (χ1) is 9.64. The number of fused-ring (bicyclic) bond motifs is 1. The first-order valence-electron chi connectivity index (χ1n) is 8.11. The Morgan fingerprint density at radius 3 is 2.65 bits per heavy atom. The molecule has 2 saturated heterocycles. The zero-order valence-electron chi connectivity index (χ0n) is 12.6. The van der Waals surface area contributed by atoms with E-state index in [1.54, 1.807) is 0 Å². The number of hydrogen-bond acceptors (Lipinski definition) is 4. The van der Waals surface area contributed by atoms with Crippen molar-refractivity contribution in [2.75, 3.05) is 33.2 Å². The van der Waals surface area contributed by atoms with Crippen LogP contribution in [-0.4, -0.2) is 66.6 Å². The minimum Gasteiger partial charge on any atom is -0.368 e. The Labute approximate surface area is 121 Å². The van der Waals surface area contributed by atoms with E-state index in [9.17, 15) is 4.79 Å². The molecule has 3 aliphatic rings. The summed E-state index contributed by atoms with van der Waals surface area (Å²) in [7, 11) is 1.87. The van der Waals surface area contributed by atoms with Gasteiger partial charge < -0.3 is 11.1 Å². The summed E-state index contributed by atoms with van der Waals surface area (Å²) in [5, 5.41) is 3.19. The summed E-state index contributed by atoms with van der Waals surface area (Å²) in [5.41, 5.74) is 5.15. The van der Waals surface area contributed by atoms with E-state index >= 15 is 0 Å². The van der Waals surface area contributed by atoms with E-state index in [0.717, 1.165) is 31.8 Å². The maximum Gasteiger partial charge on any atom is 0.237 e. The first-order valence-corrected chi connectivity index (χ1v) is 8.11. The predicted molar refractivity (Wildman–Crippen MR) is 79.4 cm³/mol. The molecule has 3 N–H and O–H groups in total. The number of carbonyl (C=O) groups is 1. The Balaban J connectivity index is 1.62. The van der Waals surface area contributed by atoms with Crippen LogP contribution in [0.25, 0.3) is 0 Å². The van der Waals surface area contributed by atoms with Gasteiger partial charge in [0.25, 0.3) is 0 Å². The average molecular weight is 280 g/mol. The normalized spacial score (nSPS) is 39.6. The highest BCUT2D eigenvalue weighted by Gasteiger charge is 2.45. The van der Waals surface area contributed by atoms with Gasteiger partial charge in [-0.2, -0.15) is 0 Å². The lowest BCUT2D eigenvalue weighted by Gasteiger charge is -2.46. The number of primary amides is 1. The van der Waals surface area contributed by atoms with Gasteiger partial charge in [-0.05, 0) is 45.7 Å². The van der Waals surface area contributed by atoms with Crippen molar-refractivity contribution < 1.29 is 4.79 Å². The van der Waals surface area contributed by atoms with E-state index in [0.29, 0.717) is 6.04 Å². The van der Waals surface area contributed by atoms with Crippen LogP contribution in [0.4, 0.5) is 0 Å². The molecule has 3 atom stereocenters. The highest BCUT2D eigenvalue weighted by atomic mass is 16.1. The molecule has 5 nitrogen and oxygen atoms in total. The first kappa shape index (κ1) is 14.3. The Hall–Kier alpha value is -0.650. The van der Waals surface area contributed by atoms with Crippen molar-refractivity contribution in [3.8, 4) is 0 Å². The summed E-state index contributed by atoms with van der Waals surface area (Å²) >= 11 is 0. The Morgan fingerprint density at radius 1 is 1.15 bits per heavy atom. The summed E-state index contributed by atoms with van der Waals surface area (Å²) in [6, 6.07) is 1.27. The van der Waals surface area contributed by atoms with E-state index < -0.39 is 5.54 Å². The quantitative estimate of drug-likeness (QED) is 0.773. The van der Waals surface area contributed by atoms with Crippen LogP contribution < -0.4 is 11.1 Å². The van der Waals surface area contributed by atoms with E-state index in [4.69, 9.17) is 5.73 Å². The molecular weight excluding hydrogens is 252 g/mol. The van der Waals surface area contributed by atoms with Crippen LogP contribution in [0.1, 0.15) is 38.5 Å². The van der Waals surface area contributed by atoms with Gasteiger partial charge >= 0.3 is 0 Å². The topological polar surface area (TPSA) is 61.6 Å². The molecule has 0 aromatic rings. The lowest BCUT2D eigenvalue weighted by atomic mass is 9.95. The fourth-order valence-electron chi connectivity index (χ4n) is 4.42. The molecule has 3 rings (SSSR count). The zero-order valence-corrected chi connectivity index (χ0v) is 12.6. The minimum absolute atomic E-state index is 0.182. The van der Waals surface area contributed by atoms with Crippen molar-refractivity contribution in [2.24, 2.45) is 5.73 Å². The molecule has 0 aromatic carbocycles. The summed E-state index contributed by atoms with van der Waals surface area (Å²) in [5.74, 6) is -0.182. The monoisotopic (exact) mass is 280 g/mol. The minimum atomic E-state index is -0.464. The van der Waals surface area contributed by atoms with Crippen molar-refractivity contribution in [2.45, 2.75) is 56.1 Å². The molecule has 3 fully saturated rings. The second-order valence-electron chi connectivity index (χ2n) is 6.77. The molecule has 0 radical (unpaired) electrons. The molecule has 0 spiro atoms. The summed E-state index contributed by atoms with van der Waals surface area (Å²) in [4.78, 5) is 17.0. The number of likely N-dealkylation sites (N-methyl/N-ethyl adjacent to an activating group) is 1. The molecule has 2 heterocycles. The molecule has 1 amide bonds. The van der Waals surface area contributed by atoms with E-state index in [1.165, 1.54) is 38.9 Å². The van der Waals surface area contributed by atoms with Crippen molar-refractivity contribution in [3.63, 3.8) is 0 Å². The third kappa shape index (κ3) is 2.47. The lowest BCUT2D eigenvalue weighted by Crippen LogP contribution is -2.58. The SMILES string of the molecule is CNC1(C(N)=O)CCC(N2CCN3CCCCC3C2)C1. The van der Waals surface area contributed by atoms with Crippen LogP contribution in [0, 0.1) is 0 Å². The molecule has 1 saturated carbocycles. The van der Waals surface area contributed by atoms with Crippen LogP contribution in [0.2, 0.25) is 0 Å². The number of nitrogens with one attached hydrogen (secondary N) is 1. The number of piperidine rings is 1. The van der Waals surface area contributed by atoms with E-state index in [-0.39, 0.29) is 5.91 Å². The van der Waals surface area contributed by atoms with Crippen LogP contribution in [0.15, 0.2) is 0 Å². The van der Waals surface area contributed by atoms with Gasteiger partial charge in [0.2, 0.25) is 5.91 Å². The van der Waals surface area contributed by atoms with Gasteiger partial charge in [-0.3, -0.25) is 14.6 Å². The van der Waals surface area contributed by atoms with Crippen LogP contribution in [0.5, 0.6) is 0 Å². The van der Waals surface area contributed by atoms with E-state index in [2.05, 4.69) is 15.1 Å². The van der Waals surface area contributed by atoms with Gasteiger partial charge in [0.1, 0.15) is 0 Å². The highest BCUT2D eigenvalue weighted by molar-refractivity contribution is 5.85. The highest BCUT2D eigenvalue weighted by Crippen LogP contribution is 2.34. The molecule has 2 aliphatic heterocycles. The summed E-state index contributed by atoms with van der Waals surface area (Å²) in [6.07, 6.45) is 6.94. The third-order valence-corrected chi connectivity index (χ3v) is 5.82. The second-order valence-corrected chi connectivity index (χ2v) is 6.77. The van der Waals surface area contributed by atoms with Gasteiger partial charge in [0.15, 0.2) is 0 Å². The van der Waals surface area contributed by atoms with Crippen LogP contribution >= 0.6 is 0 Å². The molecule has 20 heavy (non-hydrogen) atoms. The lowest BCUT2D eigenvalue weighted by molar-refractivity contribution is -0.124. The number of rotatable bonds is 3. The Bertz CT molecular complexity index is 375. The molecule has 1 aliphatic carbocycles. The zero-order chi connectivity index (χ0) is 14.2. The number of nitrogens with zero attached hydrogens (tertiary/aromatic N) is 2. The Kier molecular flexibility index (Phi) is 4.02. The van der Waals surface area contributed by atoms with Gasteiger partial charge in [-0.1, -0.05) is 6.42 Å². The fraction of sp³-hybridized carbons (Fsp3) is 0.933. The molecular formula is C15H28N4O. The third-order valence-electron chi connectivity index (χ3n) is 5.82. The number of hydrogen-bond donors (Lipinski definition) is 2. The smallest absolute Gasteiger partial charge is 0.237 e. The largest absolute Gasteiger partial charge is 0.368 e. The second kappa shape index (κ2) is 5.62. The predicted octanol–water partition coefficient (Wildman–Crippen LogP) is 0.153. The van der Waals surface area contributed by atoms with Crippen molar-refractivity contribution in [3.05, 3.63) is 0 Å². The maximum absolute atomic E-state index is 11.7. The van der Waals surface area contributed by atoms with Crippen LogP contribution in [-0.2, 0) is 4.79 Å². The summed E-state index contributed by atoms with van der Waals surface area (Å²) in [6.45, 7) is 4.82. The number of carbonyl (C=O) groups excluding carboxylic acids is 1. The van der Waals surface area contributed by atoms with Crippen molar-refractivity contribution in [1.29, 1.82) is 0 Å². The summed E-state index contributed by atoms with van der Waals surface area (Å²) < 4.78 is 0. The molecule has 0 bridgehead atoms. The molecule has 0 aromatic heterocycles. The Morgan fingerprint density at radius 2 is 1.95 bits per heavy atom. The number of nitrogens with two attached hydrogens (primary N) is 1. The average Bonchev–Trinajstić information content (AvgIpc) is 2.92. The van der Waals surface area contributed by atoms with Crippen molar-refractivity contribution in [1.82, 2.24) is 15.1 Å².